The van der Waals surface area contributed by atoms with Crippen molar-refractivity contribution in [3.63, 3.8) is 0 Å². The predicted molar refractivity (Wildman–Crippen MR) is 64.1 cm³/mol. The number of alkyl halides is 3. The standard InChI is InChI=1S/C12H7F5N2S/c13-7-2-1-6(3-8(7)14)20-10-4-11(12(15,16)17)19-5-9(10)18/h1-5H,18H2. The van der Waals surface area contributed by atoms with Crippen LogP contribution in [0.25, 0.3) is 0 Å². The lowest BCUT2D eigenvalue weighted by molar-refractivity contribution is -0.141. The lowest BCUT2D eigenvalue weighted by Gasteiger charge is -2.10. The van der Waals surface area contributed by atoms with Crippen LogP contribution in [0.2, 0.25) is 0 Å². The van der Waals surface area contributed by atoms with Gasteiger partial charge in [-0.1, -0.05) is 11.8 Å². The van der Waals surface area contributed by atoms with Crippen molar-refractivity contribution in [3.05, 3.63) is 47.8 Å². The van der Waals surface area contributed by atoms with E-state index in [1.807, 2.05) is 0 Å². The Morgan fingerprint density at radius 3 is 2.35 bits per heavy atom. The maximum atomic E-state index is 13.0. The number of hydrogen-bond donors (Lipinski definition) is 1. The van der Waals surface area contributed by atoms with Crippen molar-refractivity contribution in [1.29, 1.82) is 0 Å². The van der Waals surface area contributed by atoms with E-state index in [0.29, 0.717) is 0 Å². The number of nitrogens with two attached hydrogens (primary N) is 1. The summed E-state index contributed by atoms with van der Waals surface area (Å²) in [6.07, 6.45) is -3.72. The molecule has 0 saturated heterocycles. The van der Waals surface area contributed by atoms with Crippen molar-refractivity contribution in [2.24, 2.45) is 0 Å². The van der Waals surface area contributed by atoms with Crippen molar-refractivity contribution in [3.8, 4) is 0 Å². The van der Waals surface area contributed by atoms with Crippen LogP contribution in [0.5, 0.6) is 0 Å². The Balaban J connectivity index is 2.35. The normalized spacial score (nSPS) is 11.7. The Morgan fingerprint density at radius 2 is 1.75 bits per heavy atom. The van der Waals surface area contributed by atoms with Crippen molar-refractivity contribution in [2.75, 3.05) is 5.73 Å². The predicted octanol–water partition coefficient (Wildman–Crippen LogP) is 4.11. The number of benzene rings is 1. The molecule has 0 aliphatic heterocycles. The van der Waals surface area contributed by atoms with E-state index < -0.39 is 23.5 Å². The van der Waals surface area contributed by atoms with Gasteiger partial charge in [0.2, 0.25) is 0 Å². The van der Waals surface area contributed by atoms with E-state index in [1.54, 1.807) is 0 Å². The summed E-state index contributed by atoms with van der Waals surface area (Å²) in [5.41, 5.74) is 4.45. The highest BCUT2D eigenvalue weighted by atomic mass is 32.2. The van der Waals surface area contributed by atoms with Gasteiger partial charge >= 0.3 is 6.18 Å². The maximum Gasteiger partial charge on any atom is 0.433 e. The molecule has 0 bridgehead atoms. The van der Waals surface area contributed by atoms with Crippen LogP contribution in [-0.4, -0.2) is 4.98 Å². The van der Waals surface area contributed by atoms with Gasteiger partial charge in [-0.3, -0.25) is 0 Å². The third-order valence-electron chi connectivity index (χ3n) is 2.30. The molecule has 0 radical (unpaired) electrons. The molecule has 0 atom stereocenters. The first kappa shape index (κ1) is 14.6. The van der Waals surface area contributed by atoms with Crippen molar-refractivity contribution in [2.45, 2.75) is 16.0 Å². The van der Waals surface area contributed by atoms with Gasteiger partial charge < -0.3 is 5.73 Å². The van der Waals surface area contributed by atoms with E-state index in [9.17, 15) is 22.0 Å². The fourth-order valence-corrected chi connectivity index (χ4v) is 2.25. The van der Waals surface area contributed by atoms with Gasteiger partial charge in [0.05, 0.1) is 11.9 Å². The van der Waals surface area contributed by atoms with Crippen LogP contribution in [0.4, 0.5) is 27.6 Å². The minimum absolute atomic E-state index is 0.0210. The fraction of sp³-hybridized carbons (Fsp3) is 0.0833. The van der Waals surface area contributed by atoms with Gasteiger partial charge in [-0.05, 0) is 24.3 Å². The highest BCUT2D eigenvalue weighted by molar-refractivity contribution is 7.99. The molecule has 2 aromatic rings. The number of nitrogens with zero attached hydrogens (tertiary/aromatic N) is 1. The highest BCUT2D eigenvalue weighted by Crippen LogP contribution is 2.36. The summed E-state index contributed by atoms with van der Waals surface area (Å²) in [6, 6.07) is 3.78. The summed E-state index contributed by atoms with van der Waals surface area (Å²) in [4.78, 5) is 3.49. The van der Waals surface area contributed by atoms with Gasteiger partial charge in [-0.25, -0.2) is 13.8 Å². The lowest BCUT2D eigenvalue weighted by Crippen LogP contribution is -2.08. The molecule has 8 heteroatoms. The molecule has 20 heavy (non-hydrogen) atoms. The molecule has 1 aromatic carbocycles. The van der Waals surface area contributed by atoms with Crippen LogP contribution >= 0.6 is 11.8 Å². The molecule has 0 saturated carbocycles. The first-order chi connectivity index (χ1) is 9.27. The quantitative estimate of drug-likeness (QED) is 0.849. The topological polar surface area (TPSA) is 38.9 Å². The van der Waals surface area contributed by atoms with Crippen LogP contribution < -0.4 is 5.73 Å². The third kappa shape index (κ3) is 3.19. The summed E-state index contributed by atoms with van der Waals surface area (Å²) in [5.74, 6) is -2.12. The number of anilines is 1. The van der Waals surface area contributed by atoms with Crippen LogP contribution in [0, 0.1) is 11.6 Å². The molecule has 2 nitrogen and oxygen atoms in total. The monoisotopic (exact) mass is 306 g/mol. The van der Waals surface area contributed by atoms with Gasteiger partial charge in [0, 0.05) is 9.79 Å². The molecule has 0 unspecified atom stereocenters. The van der Waals surface area contributed by atoms with Crippen molar-refractivity contribution < 1.29 is 22.0 Å². The molecule has 0 aliphatic carbocycles. The van der Waals surface area contributed by atoms with Crippen molar-refractivity contribution >= 4 is 17.4 Å². The molecule has 0 amide bonds. The minimum atomic E-state index is -4.60. The molecule has 2 N–H and O–H groups in total. The second kappa shape index (κ2) is 5.28. The van der Waals surface area contributed by atoms with E-state index in [0.717, 1.165) is 36.2 Å². The van der Waals surface area contributed by atoms with Gasteiger partial charge in [0.15, 0.2) is 11.6 Å². The summed E-state index contributed by atoms with van der Waals surface area (Å²) >= 11 is 0.796. The van der Waals surface area contributed by atoms with Gasteiger partial charge in [-0.15, -0.1) is 0 Å². The average molecular weight is 306 g/mol. The lowest BCUT2D eigenvalue weighted by atomic mass is 10.3. The molecule has 1 heterocycles. The van der Waals surface area contributed by atoms with Gasteiger partial charge in [0.25, 0.3) is 0 Å². The number of aromatic nitrogens is 1. The SMILES string of the molecule is Nc1cnc(C(F)(F)F)cc1Sc1ccc(F)c(F)c1. The molecule has 2 rings (SSSR count). The number of hydrogen-bond acceptors (Lipinski definition) is 3. The first-order valence-corrected chi connectivity index (χ1v) is 6.04. The first-order valence-electron chi connectivity index (χ1n) is 5.23. The van der Waals surface area contributed by atoms with Crippen LogP contribution in [-0.2, 0) is 6.18 Å². The summed E-state index contributed by atoms with van der Waals surface area (Å²) in [6.45, 7) is 0. The van der Waals surface area contributed by atoms with Crippen molar-refractivity contribution in [1.82, 2.24) is 4.98 Å². The van der Waals surface area contributed by atoms with Crippen LogP contribution in [0.1, 0.15) is 5.69 Å². The van der Waals surface area contributed by atoms with Crippen LogP contribution in [0.15, 0.2) is 40.3 Å². The second-order valence-electron chi connectivity index (χ2n) is 3.78. The number of nitrogen functional groups attached to an aromatic ring is 1. The molecule has 0 spiro atoms. The zero-order valence-electron chi connectivity index (χ0n) is 9.71. The summed E-state index contributed by atoms with van der Waals surface area (Å²) in [5, 5.41) is 0. The Kier molecular flexibility index (Phi) is 3.85. The zero-order valence-corrected chi connectivity index (χ0v) is 10.5. The molecule has 106 valence electrons. The summed E-state index contributed by atoms with van der Waals surface area (Å²) < 4.78 is 63.4. The molecule has 0 aliphatic rings. The Morgan fingerprint density at radius 1 is 1.05 bits per heavy atom. The largest absolute Gasteiger partial charge is 0.433 e. The van der Waals surface area contributed by atoms with E-state index in [2.05, 4.69) is 4.98 Å². The smallest absolute Gasteiger partial charge is 0.397 e. The van der Waals surface area contributed by atoms with E-state index in [1.165, 1.54) is 6.07 Å². The Labute approximate surface area is 114 Å². The third-order valence-corrected chi connectivity index (χ3v) is 3.37. The molecule has 1 aromatic heterocycles. The van der Waals surface area contributed by atoms with E-state index >= 15 is 0 Å². The number of pyridine rings is 1. The number of rotatable bonds is 2. The zero-order chi connectivity index (χ0) is 14.9. The Hall–Kier alpha value is -1.83. The second-order valence-corrected chi connectivity index (χ2v) is 4.90. The fourth-order valence-electron chi connectivity index (χ4n) is 1.36. The van der Waals surface area contributed by atoms with E-state index in [-0.39, 0.29) is 15.5 Å². The molecule has 0 fully saturated rings. The van der Waals surface area contributed by atoms with Gasteiger partial charge in [-0.2, -0.15) is 13.2 Å². The van der Waals surface area contributed by atoms with Crippen LogP contribution in [0.3, 0.4) is 0 Å². The average Bonchev–Trinajstić information content (AvgIpc) is 2.35. The minimum Gasteiger partial charge on any atom is -0.397 e. The Bertz CT molecular complexity index is 642. The number of halogens is 5. The van der Waals surface area contributed by atoms with E-state index in [4.69, 9.17) is 5.73 Å². The molecular formula is C12H7F5N2S. The highest BCUT2D eigenvalue weighted by Gasteiger charge is 2.33. The van der Waals surface area contributed by atoms with Gasteiger partial charge in [0.1, 0.15) is 5.69 Å². The molecular weight excluding hydrogens is 299 g/mol. The summed E-state index contributed by atoms with van der Waals surface area (Å²) in [7, 11) is 0. The maximum absolute atomic E-state index is 13.0.